The van der Waals surface area contributed by atoms with Crippen LogP contribution in [0, 0.1) is 18.6 Å². The van der Waals surface area contributed by atoms with Gasteiger partial charge in [0, 0.05) is 18.3 Å². The van der Waals surface area contributed by atoms with E-state index in [2.05, 4.69) is 10.6 Å². The van der Waals surface area contributed by atoms with E-state index in [9.17, 15) is 22.0 Å². The quantitative estimate of drug-likeness (QED) is 0.615. The number of aryl methyl sites for hydroxylation is 1. The minimum Gasteiger partial charge on any atom is -0.308 e. The number of nitrogens with one attached hydrogen (secondary N) is 2. The number of amides is 2. The van der Waals surface area contributed by atoms with Crippen LogP contribution >= 0.6 is 0 Å². The van der Waals surface area contributed by atoms with Crippen molar-refractivity contribution in [3.05, 3.63) is 83.4 Å². The molecular weight excluding hydrogens is 424 g/mol. The first-order valence-corrected chi connectivity index (χ1v) is 10.9. The Morgan fingerprint density at radius 3 is 2.45 bits per heavy atom. The van der Waals surface area contributed by atoms with Crippen LogP contribution in [0.2, 0.25) is 0 Å². The van der Waals surface area contributed by atoms with Crippen molar-refractivity contribution in [2.75, 3.05) is 21.5 Å². The van der Waals surface area contributed by atoms with Crippen LogP contribution in [0.15, 0.2) is 65.6 Å². The highest BCUT2D eigenvalue weighted by Crippen LogP contribution is 2.34. The van der Waals surface area contributed by atoms with Crippen LogP contribution in [-0.4, -0.2) is 21.0 Å². The van der Waals surface area contributed by atoms with Gasteiger partial charge in [0.05, 0.1) is 16.3 Å². The van der Waals surface area contributed by atoms with E-state index in [1.165, 1.54) is 4.31 Å². The van der Waals surface area contributed by atoms with Crippen LogP contribution in [0.25, 0.3) is 0 Å². The van der Waals surface area contributed by atoms with Gasteiger partial charge in [0.15, 0.2) is 0 Å². The van der Waals surface area contributed by atoms with Gasteiger partial charge < -0.3 is 10.6 Å². The van der Waals surface area contributed by atoms with Crippen molar-refractivity contribution in [2.24, 2.45) is 0 Å². The topological polar surface area (TPSA) is 78.5 Å². The van der Waals surface area contributed by atoms with E-state index in [-0.39, 0.29) is 17.1 Å². The fourth-order valence-electron chi connectivity index (χ4n) is 3.41. The molecule has 0 spiro atoms. The van der Waals surface area contributed by atoms with E-state index < -0.39 is 27.7 Å². The fourth-order valence-corrected chi connectivity index (χ4v) is 4.92. The maximum absolute atomic E-state index is 13.7. The Labute approximate surface area is 178 Å². The normalized spacial score (nSPS) is 13.1. The standard InChI is InChI=1S/C22H19F2N3O3S/c1-14-2-6-18(7-3-14)31(29,30)27-11-10-15-12-17(5-9-21(15)27)25-22(28)26-20-13-16(23)4-8-19(20)24/h2-9,12-13H,10-11H2,1H3,(H2,25,26,28). The highest BCUT2D eigenvalue weighted by molar-refractivity contribution is 7.92. The fraction of sp³-hybridized carbons (Fsp3) is 0.136. The summed E-state index contributed by atoms with van der Waals surface area (Å²) < 4.78 is 54.3. The highest BCUT2D eigenvalue weighted by atomic mass is 32.2. The molecule has 0 unspecified atom stereocenters. The van der Waals surface area contributed by atoms with Gasteiger partial charge in [-0.15, -0.1) is 0 Å². The molecule has 3 aromatic rings. The first kappa shape index (κ1) is 20.8. The third kappa shape index (κ3) is 4.22. The number of hydrogen-bond donors (Lipinski definition) is 2. The number of sulfonamides is 1. The highest BCUT2D eigenvalue weighted by Gasteiger charge is 2.31. The van der Waals surface area contributed by atoms with E-state index in [0.29, 0.717) is 17.8 Å². The van der Waals surface area contributed by atoms with E-state index in [1.54, 1.807) is 42.5 Å². The predicted octanol–water partition coefficient (Wildman–Crippen LogP) is 4.67. The van der Waals surface area contributed by atoms with Gasteiger partial charge in [-0.05, 0) is 61.4 Å². The minimum absolute atomic E-state index is 0.213. The summed E-state index contributed by atoms with van der Waals surface area (Å²) >= 11 is 0. The van der Waals surface area contributed by atoms with Gasteiger partial charge in [0.1, 0.15) is 11.6 Å². The number of hydrogen-bond acceptors (Lipinski definition) is 3. The molecule has 2 amide bonds. The van der Waals surface area contributed by atoms with Crippen LogP contribution in [0.3, 0.4) is 0 Å². The summed E-state index contributed by atoms with van der Waals surface area (Å²) in [6.07, 6.45) is 0.482. The van der Waals surface area contributed by atoms with Crippen molar-refractivity contribution in [1.82, 2.24) is 0 Å². The van der Waals surface area contributed by atoms with Gasteiger partial charge in [0.25, 0.3) is 10.0 Å². The van der Waals surface area contributed by atoms with Gasteiger partial charge in [-0.25, -0.2) is 22.0 Å². The zero-order valence-electron chi connectivity index (χ0n) is 16.5. The Morgan fingerprint density at radius 1 is 0.968 bits per heavy atom. The number of fused-ring (bicyclic) bond motifs is 1. The Balaban J connectivity index is 1.51. The van der Waals surface area contributed by atoms with Crippen LogP contribution in [0.1, 0.15) is 11.1 Å². The Hall–Kier alpha value is -3.46. The average Bonchev–Trinajstić information content (AvgIpc) is 3.15. The van der Waals surface area contributed by atoms with E-state index in [0.717, 1.165) is 29.3 Å². The third-order valence-electron chi connectivity index (χ3n) is 4.98. The lowest BCUT2D eigenvalue weighted by Crippen LogP contribution is -2.29. The minimum atomic E-state index is -3.70. The smallest absolute Gasteiger partial charge is 0.308 e. The first-order chi connectivity index (χ1) is 14.7. The molecule has 0 aliphatic carbocycles. The molecule has 0 fully saturated rings. The summed E-state index contributed by atoms with van der Waals surface area (Å²) in [5.74, 6) is -1.44. The van der Waals surface area contributed by atoms with Gasteiger partial charge in [-0.3, -0.25) is 4.31 Å². The number of carbonyl (C=O) groups is 1. The second-order valence-electron chi connectivity index (χ2n) is 7.19. The molecule has 31 heavy (non-hydrogen) atoms. The molecule has 0 saturated carbocycles. The number of nitrogens with zero attached hydrogens (tertiary/aromatic N) is 1. The molecule has 1 aliphatic heterocycles. The molecule has 4 rings (SSSR count). The number of benzene rings is 3. The molecule has 1 aliphatic rings. The van der Waals surface area contributed by atoms with Crippen molar-refractivity contribution >= 4 is 33.1 Å². The molecule has 160 valence electrons. The van der Waals surface area contributed by atoms with Gasteiger partial charge in [-0.1, -0.05) is 17.7 Å². The molecule has 3 aromatic carbocycles. The Kier molecular flexibility index (Phi) is 5.36. The van der Waals surface area contributed by atoms with E-state index >= 15 is 0 Å². The van der Waals surface area contributed by atoms with Crippen molar-refractivity contribution < 1.29 is 22.0 Å². The monoisotopic (exact) mass is 443 g/mol. The van der Waals surface area contributed by atoms with E-state index in [1.807, 2.05) is 6.92 Å². The largest absolute Gasteiger partial charge is 0.323 e. The van der Waals surface area contributed by atoms with E-state index in [4.69, 9.17) is 0 Å². The summed E-state index contributed by atoms with van der Waals surface area (Å²) in [6.45, 7) is 2.17. The van der Waals surface area contributed by atoms with Gasteiger partial charge in [-0.2, -0.15) is 0 Å². The number of rotatable bonds is 4. The number of urea groups is 1. The summed E-state index contributed by atoms with van der Waals surface area (Å²) in [5, 5.41) is 4.81. The second-order valence-corrected chi connectivity index (χ2v) is 9.05. The Morgan fingerprint density at radius 2 is 1.71 bits per heavy atom. The average molecular weight is 443 g/mol. The SMILES string of the molecule is Cc1ccc(S(=O)(=O)N2CCc3cc(NC(=O)Nc4cc(F)ccc4F)ccc32)cc1. The number of anilines is 3. The summed E-state index contributed by atoms with van der Waals surface area (Å²) in [4.78, 5) is 12.4. The summed E-state index contributed by atoms with van der Waals surface area (Å²) in [6, 6.07) is 13.5. The van der Waals surface area contributed by atoms with Gasteiger partial charge >= 0.3 is 6.03 Å². The molecule has 0 bridgehead atoms. The molecule has 1 heterocycles. The maximum atomic E-state index is 13.7. The van der Waals surface area contributed by atoms with Crippen LogP contribution in [-0.2, 0) is 16.4 Å². The lowest BCUT2D eigenvalue weighted by Gasteiger charge is -2.20. The molecule has 6 nitrogen and oxygen atoms in total. The molecule has 0 radical (unpaired) electrons. The maximum Gasteiger partial charge on any atom is 0.323 e. The number of halogens is 2. The molecule has 0 atom stereocenters. The predicted molar refractivity (Wildman–Crippen MR) is 115 cm³/mol. The van der Waals surface area contributed by atoms with Crippen molar-refractivity contribution in [1.29, 1.82) is 0 Å². The van der Waals surface area contributed by atoms with Crippen molar-refractivity contribution in [3.8, 4) is 0 Å². The van der Waals surface area contributed by atoms with Crippen LogP contribution in [0.5, 0.6) is 0 Å². The molecule has 9 heteroatoms. The second kappa shape index (κ2) is 7.99. The van der Waals surface area contributed by atoms with Crippen LogP contribution < -0.4 is 14.9 Å². The van der Waals surface area contributed by atoms with Gasteiger partial charge in [0.2, 0.25) is 0 Å². The Bertz CT molecular complexity index is 1260. The first-order valence-electron chi connectivity index (χ1n) is 9.49. The zero-order chi connectivity index (χ0) is 22.2. The van der Waals surface area contributed by atoms with Crippen molar-refractivity contribution in [3.63, 3.8) is 0 Å². The molecule has 0 saturated heterocycles. The lowest BCUT2D eigenvalue weighted by atomic mass is 10.1. The summed E-state index contributed by atoms with van der Waals surface area (Å²) in [7, 11) is -3.70. The molecule has 2 N–H and O–H groups in total. The third-order valence-corrected chi connectivity index (χ3v) is 6.80. The number of carbonyl (C=O) groups excluding carboxylic acids is 1. The zero-order valence-corrected chi connectivity index (χ0v) is 17.3. The molecule has 0 aromatic heterocycles. The van der Waals surface area contributed by atoms with Crippen molar-refractivity contribution in [2.45, 2.75) is 18.2 Å². The molecular formula is C22H19F2N3O3S. The van der Waals surface area contributed by atoms with Crippen LogP contribution in [0.4, 0.5) is 30.6 Å². The summed E-state index contributed by atoms with van der Waals surface area (Å²) in [5.41, 5.74) is 2.39. The lowest BCUT2D eigenvalue weighted by molar-refractivity contribution is 0.262.